The summed E-state index contributed by atoms with van der Waals surface area (Å²) in [6, 6.07) is 8.56. The Balaban J connectivity index is 2.40. The third kappa shape index (κ3) is 1.92. The van der Waals surface area contributed by atoms with Gasteiger partial charge in [-0.2, -0.15) is 0 Å². The van der Waals surface area contributed by atoms with Gasteiger partial charge in [-0.3, -0.25) is 0 Å². The molecule has 0 saturated heterocycles. The molecule has 0 spiro atoms. The lowest BCUT2D eigenvalue weighted by atomic mass is 9.80. The number of para-hydroxylation sites is 1. The fraction of sp³-hybridized carbons (Fsp3) is 0.429. The van der Waals surface area contributed by atoms with Crippen molar-refractivity contribution in [1.29, 1.82) is 0 Å². The second kappa shape index (κ2) is 3.41. The van der Waals surface area contributed by atoms with E-state index in [1.807, 2.05) is 0 Å². The molecule has 0 aromatic heterocycles. The molecule has 1 aliphatic heterocycles. The minimum absolute atomic E-state index is 0.255. The van der Waals surface area contributed by atoms with Gasteiger partial charge in [0.15, 0.2) is 0 Å². The Kier molecular flexibility index (Phi) is 2.34. The van der Waals surface area contributed by atoms with Crippen LogP contribution in [0.4, 0.5) is 5.69 Å². The van der Waals surface area contributed by atoms with E-state index >= 15 is 0 Å². The summed E-state index contributed by atoms with van der Waals surface area (Å²) in [7, 11) is 0. The van der Waals surface area contributed by atoms with E-state index in [1.165, 1.54) is 22.5 Å². The largest absolute Gasteiger partial charge is 0.359 e. The molecule has 1 heteroatoms. The number of nitrogens with one attached hydrogen (secondary N) is 1. The molecule has 1 aromatic carbocycles. The average molecular weight is 201 g/mol. The first-order chi connectivity index (χ1) is 6.98. The third-order valence-electron chi connectivity index (χ3n) is 3.06. The minimum Gasteiger partial charge on any atom is -0.359 e. The fourth-order valence-electron chi connectivity index (χ4n) is 2.22. The van der Waals surface area contributed by atoms with E-state index in [1.54, 1.807) is 0 Å². The minimum atomic E-state index is 0.255. The monoisotopic (exact) mass is 201 g/mol. The predicted octanol–water partition coefficient (Wildman–Crippen LogP) is 3.97. The van der Waals surface area contributed by atoms with Crippen molar-refractivity contribution in [2.45, 2.75) is 34.1 Å². The number of allylic oxidation sites excluding steroid dienone is 2. The van der Waals surface area contributed by atoms with Crippen LogP contribution in [0.1, 0.15) is 33.3 Å². The third-order valence-corrected chi connectivity index (χ3v) is 3.06. The molecule has 0 bridgehead atoms. The van der Waals surface area contributed by atoms with Crippen LogP contribution in [0.3, 0.4) is 0 Å². The van der Waals surface area contributed by atoms with Crippen molar-refractivity contribution in [3.05, 3.63) is 41.1 Å². The Morgan fingerprint density at radius 3 is 2.47 bits per heavy atom. The highest BCUT2D eigenvalue weighted by Crippen LogP contribution is 2.36. The van der Waals surface area contributed by atoms with Crippen LogP contribution >= 0.6 is 0 Å². The van der Waals surface area contributed by atoms with Gasteiger partial charge in [-0.05, 0) is 36.0 Å². The maximum atomic E-state index is 3.50. The van der Waals surface area contributed by atoms with Crippen LogP contribution in [0.15, 0.2) is 35.5 Å². The molecule has 1 nitrogen and oxygen atoms in total. The number of benzene rings is 1. The molecule has 0 radical (unpaired) electrons. The highest BCUT2D eigenvalue weighted by molar-refractivity contribution is 5.60. The van der Waals surface area contributed by atoms with Crippen molar-refractivity contribution in [2.75, 3.05) is 5.32 Å². The van der Waals surface area contributed by atoms with Gasteiger partial charge < -0.3 is 5.32 Å². The summed E-state index contributed by atoms with van der Waals surface area (Å²) >= 11 is 0. The Bertz CT molecular complexity index is 408. The number of hydrogen-bond donors (Lipinski definition) is 1. The Morgan fingerprint density at radius 2 is 1.80 bits per heavy atom. The normalized spacial score (nSPS) is 16.0. The molecule has 0 unspecified atom stereocenters. The van der Waals surface area contributed by atoms with Gasteiger partial charge in [0.1, 0.15) is 0 Å². The van der Waals surface area contributed by atoms with Crippen LogP contribution in [-0.4, -0.2) is 0 Å². The van der Waals surface area contributed by atoms with Crippen molar-refractivity contribution in [2.24, 2.45) is 5.41 Å². The van der Waals surface area contributed by atoms with Gasteiger partial charge in [0.25, 0.3) is 0 Å². The second-order valence-corrected chi connectivity index (χ2v) is 5.31. The number of fused-ring (bicyclic) bond motifs is 1. The van der Waals surface area contributed by atoms with Crippen LogP contribution in [0, 0.1) is 5.41 Å². The highest BCUT2D eigenvalue weighted by Gasteiger charge is 2.23. The van der Waals surface area contributed by atoms with E-state index in [-0.39, 0.29) is 5.41 Å². The zero-order chi connectivity index (χ0) is 11.1. The Hall–Kier alpha value is -1.24. The molecule has 1 N–H and O–H groups in total. The van der Waals surface area contributed by atoms with Gasteiger partial charge in [0.2, 0.25) is 0 Å². The fourth-order valence-corrected chi connectivity index (χ4v) is 2.22. The molecule has 15 heavy (non-hydrogen) atoms. The molecule has 0 saturated carbocycles. The van der Waals surface area contributed by atoms with Gasteiger partial charge in [0, 0.05) is 11.4 Å². The van der Waals surface area contributed by atoms with E-state index in [0.29, 0.717) is 0 Å². The predicted molar refractivity (Wildman–Crippen MR) is 65.9 cm³/mol. The van der Waals surface area contributed by atoms with Crippen LogP contribution in [0.5, 0.6) is 0 Å². The lowest BCUT2D eigenvalue weighted by Crippen LogP contribution is -2.20. The van der Waals surface area contributed by atoms with Gasteiger partial charge in [-0.1, -0.05) is 39.0 Å². The van der Waals surface area contributed by atoms with Crippen LogP contribution in [0.25, 0.3) is 0 Å². The summed E-state index contributed by atoms with van der Waals surface area (Å²) in [5.41, 5.74) is 5.77. The SMILES string of the molecule is CC1=C(C(C)(C)C)Cc2ccccc2N1. The first-order valence-corrected chi connectivity index (χ1v) is 5.53. The highest BCUT2D eigenvalue weighted by atomic mass is 14.9. The summed E-state index contributed by atoms with van der Waals surface area (Å²) in [4.78, 5) is 0. The molecule has 1 heterocycles. The van der Waals surface area contributed by atoms with Crippen molar-refractivity contribution in [3.8, 4) is 0 Å². The van der Waals surface area contributed by atoms with Gasteiger partial charge in [-0.25, -0.2) is 0 Å². The van der Waals surface area contributed by atoms with E-state index in [2.05, 4.69) is 57.3 Å². The zero-order valence-corrected chi connectivity index (χ0v) is 10.0. The summed E-state index contributed by atoms with van der Waals surface area (Å²) in [5.74, 6) is 0. The molecular weight excluding hydrogens is 182 g/mol. The maximum Gasteiger partial charge on any atom is 0.0417 e. The van der Waals surface area contributed by atoms with Crippen LogP contribution < -0.4 is 5.32 Å². The topological polar surface area (TPSA) is 12.0 Å². The van der Waals surface area contributed by atoms with Crippen molar-refractivity contribution >= 4 is 5.69 Å². The van der Waals surface area contributed by atoms with Crippen molar-refractivity contribution in [3.63, 3.8) is 0 Å². The molecule has 2 rings (SSSR count). The van der Waals surface area contributed by atoms with Crippen LogP contribution in [0.2, 0.25) is 0 Å². The average Bonchev–Trinajstić information content (AvgIpc) is 2.15. The Morgan fingerprint density at radius 1 is 1.13 bits per heavy atom. The van der Waals surface area contributed by atoms with E-state index in [4.69, 9.17) is 0 Å². The molecule has 80 valence electrons. The summed E-state index contributed by atoms with van der Waals surface area (Å²) in [6.07, 6.45) is 1.08. The molecule has 0 atom stereocenters. The summed E-state index contributed by atoms with van der Waals surface area (Å²) in [6.45, 7) is 9.01. The molecule has 1 aliphatic rings. The standard InChI is InChI=1S/C14H19N/c1-10-12(14(2,3)4)9-11-7-5-6-8-13(11)15-10/h5-8,15H,9H2,1-4H3. The quantitative estimate of drug-likeness (QED) is 0.669. The summed E-state index contributed by atoms with van der Waals surface area (Å²) in [5, 5.41) is 3.50. The van der Waals surface area contributed by atoms with E-state index in [0.717, 1.165) is 6.42 Å². The number of anilines is 1. The Labute approximate surface area is 92.2 Å². The first kappa shape index (κ1) is 10.3. The zero-order valence-electron chi connectivity index (χ0n) is 10.0. The van der Waals surface area contributed by atoms with Crippen molar-refractivity contribution < 1.29 is 0 Å². The number of hydrogen-bond acceptors (Lipinski definition) is 1. The lowest BCUT2D eigenvalue weighted by molar-refractivity contribution is 0.484. The van der Waals surface area contributed by atoms with E-state index in [9.17, 15) is 0 Å². The molecule has 0 amide bonds. The first-order valence-electron chi connectivity index (χ1n) is 5.53. The van der Waals surface area contributed by atoms with Gasteiger partial charge in [0.05, 0.1) is 0 Å². The van der Waals surface area contributed by atoms with Crippen LogP contribution in [-0.2, 0) is 6.42 Å². The van der Waals surface area contributed by atoms with E-state index < -0.39 is 0 Å². The smallest absolute Gasteiger partial charge is 0.0417 e. The second-order valence-electron chi connectivity index (χ2n) is 5.31. The maximum absolute atomic E-state index is 3.50. The molecule has 0 fully saturated rings. The molecule has 1 aromatic rings. The van der Waals surface area contributed by atoms with Crippen molar-refractivity contribution in [1.82, 2.24) is 0 Å². The molecular formula is C14H19N. The van der Waals surface area contributed by atoms with Gasteiger partial charge >= 0.3 is 0 Å². The lowest BCUT2D eigenvalue weighted by Gasteiger charge is -2.31. The summed E-state index contributed by atoms with van der Waals surface area (Å²) < 4.78 is 0. The van der Waals surface area contributed by atoms with Gasteiger partial charge in [-0.15, -0.1) is 0 Å². The number of rotatable bonds is 0. The molecule has 0 aliphatic carbocycles.